The molecule has 0 heterocycles. The first-order chi connectivity index (χ1) is 35.1. The lowest BCUT2D eigenvalue weighted by atomic mass is 9.79. The summed E-state index contributed by atoms with van der Waals surface area (Å²) in [5.41, 5.74) is 23.8. The topological polar surface area (TPSA) is 3.24 Å². The molecule has 0 amide bonds. The highest BCUT2D eigenvalue weighted by Gasteiger charge is 2.65. The zero-order valence-electron chi connectivity index (χ0n) is 45.0. The van der Waals surface area contributed by atoms with Crippen LogP contribution in [0, 0.1) is 46.3 Å². The Bertz CT molecular complexity index is 3380. The number of rotatable bonds is 9. The fourth-order valence-electron chi connectivity index (χ4n) is 16.8. The summed E-state index contributed by atoms with van der Waals surface area (Å²) in [6.45, 7) is 24.6. The molecule has 0 N–H and O–H groups in total. The summed E-state index contributed by atoms with van der Waals surface area (Å²) in [5, 5.41) is 2.58. The summed E-state index contributed by atoms with van der Waals surface area (Å²) in [4.78, 5) is 2.54. The normalized spacial score (nSPS) is 27.1. The number of anilines is 3. The molecule has 0 spiro atoms. The van der Waals surface area contributed by atoms with Gasteiger partial charge in [-0.2, -0.15) is 0 Å². The zero-order valence-corrected chi connectivity index (χ0v) is 45.0. The Kier molecular flexibility index (Phi) is 9.76. The van der Waals surface area contributed by atoms with Gasteiger partial charge in [-0.25, -0.2) is 0 Å². The number of hydrogen-bond donors (Lipinski definition) is 0. The molecule has 6 aliphatic rings. The third-order valence-corrected chi connectivity index (χ3v) is 21.6. The fourth-order valence-corrected chi connectivity index (χ4v) is 16.8. The van der Waals surface area contributed by atoms with E-state index in [9.17, 15) is 0 Å². The molecule has 6 aliphatic carbocycles. The number of fused-ring (bicyclic) bond motifs is 10. The lowest BCUT2D eigenvalue weighted by Crippen LogP contribution is -2.18. The van der Waals surface area contributed by atoms with E-state index in [-0.39, 0.29) is 10.8 Å². The van der Waals surface area contributed by atoms with Gasteiger partial charge in [0, 0.05) is 27.6 Å². The highest BCUT2D eigenvalue weighted by atomic mass is 15.1. The monoisotopic (exact) mass is 952 g/mol. The smallest absolute Gasteiger partial charge is 0.0543 e. The van der Waals surface area contributed by atoms with Crippen LogP contribution in [0.3, 0.4) is 0 Å². The molecule has 0 radical (unpaired) electrons. The van der Waals surface area contributed by atoms with Gasteiger partial charge in [0.2, 0.25) is 0 Å². The minimum Gasteiger partial charge on any atom is -0.310 e. The maximum atomic E-state index is 2.57. The van der Waals surface area contributed by atoms with Gasteiger partial charge in [0.25, 0.3) is 0 Å². The molecular weight excluding hydrogens is 879 g/mol. The van der Waals surface area contributed by atoms with Crippen molar-refractivity contribution in [1.82, 2.24) is 0 Å². The Hall–Kier alpha value is -6.18. The predicted octanol–water partition coefficient (Wildman–Crippen LogP) is 19.8. The van der Waals surface area contributed by atoms with Crippen molar-refractivity contribution in [3.05, 3.63) is 197 Å². The summed E-state index contributed by atoms with van der Waals surface area (Å²) in [7, 11) is 0. The molecule has 8 unspecified atom stereocenters. The van der Waals surface area contributed by atoms with Crippen molar-refractivity contribution < 1.29 is 0 Å². The first-order valence-electron chi connectivity index (χ1n) is 28.2. The van der Waals surface area contributed by atoms with Crippen molar-refractivity contribution in [2.75, 3.05) is 4.90 Å². The lowest BCUT2D eigenvalue weighted by Gasteiger charge is -2.30. The van der Waals surface area contributed by atoms with Gasteiger partial charge in [-0.15, -0.1) is 0 Å². The van der Waals surface area contributed by atoms with Crippen LogP contribution >= 0.6 is 0 Å². The number of nitrogens with zero attached hydrogens (tertiary/aromatic N) is 1. The van der Waals surface area contributed by atoms with E-state index in [1.54, 1.807) is 0 Å². The Morgan fingerprint density at radius 2 is 0.836 bits per heavy atom. The van der Waals surface area contributed by atoms with E-state index in [4.69, 9.17) is 0 Å². The Balaban J connectivity index is 0.848. The molecule has 8 atom stereocenters. The molecule has 8 aromatic carbocycles. The standard InChI is InChI=1S/C72H73N/c1-42(2)71-38-59(44(5)65(71)40-71)50-23-19-46(20-24-50)48-27-31-52(32-28-48)73(53-33-29-49(30-34-53)47-21-25-51(26-22-47)60-39-72(43(3)4)41-66(72)45(60)6)67-37-64-68(56-17-12-11-16-55(56)67)58-36-62-57(35-63(58)70(64,9)10)54-15-13-14-18-61(54)69(62,7)8/h11-37,42-45,59-60,65-66H,38-41H2,1-10H3. The second-order valence-electron chi connectivity index (χ2n) is 26.0. The van der Waals surface area contributed by atoms with Gasteiger partial charge in [0.1, 0.15) is 0 Å². The van der Waals surface area contributed by atoms with E-state index in [1.807, 2.05) is 0 Å². The van der Waals surface area contributed by atoms with Gasteiger partial charge in [0.15, 0.2) is 0 Å². The van der Waals surface area contributed by atoms with Crippen molar-refractivity contribution in [2.24, 2.45) is 46.3 Å². The summed E-state index contributed by atoms with van der Waals surface area (Å²) in [5.74, 6) is 6.23. The molecule has 14 rings (SSSR count). The molecular formula is C72H73N. The van der Waals surface area contributed by atoms with E-state index in [1.165, 1.54) is 120 Å². The molecule has 73 heavy (non-hydrogen) atoms. The minimum atomic E-state index is -0.212. The SMILES string of the molecule is CC1C(c2ccc(-c3ccc(N(c4ccc(-c5ccc(C6CC7(C(C)C)CC7C6C)cc5)cc4)c4cc5c(c6ccccc46)-c4cc6c(cc4C5(C)C)-c4ccccc4C6(C)C)cc3)cc2)CC2(C(C)C)CC12. The lowest BCUT2D eigenvalue weighted by molar-refractivity contribution is 0.335. The van der Waals surface area contributed by atoms with Gasteiger partial charge < -0.3 is 4.90 Å². The van der Waals surface area contributed by atoms with E-state index < -0.39 is 0 Å². The molecule has 1 nitrogen and oxygen atoms in total. The predicted molar refractivity (Wildman–Crippen MR) is 308 cm³/mol. The van der Waals surface area contributed by atoms with Crippen LogP contribution in [0.25, 0.3) is 55.3 Å². The van der Waals surface area contributed by atoms with Crippen LogP contribution in [0.15, 0.2) is 164 Å². The van der Waals surface area contributed by atoms with Crippen molar-refractivity contribution in [2.45, 2.75) is 118 Å². The summed E-state index contributed by atoms with van der Waals surface area (Å²) >= 11 is 0. The quantitative estimate of drug-likeness (QED) is 0.139. The van der Waals surface area contributed by atoms with Crippen LogP contribution in [0.1, 0.15) is 140 Å². The first kappa shape index (κ1) is 45.4. The van der Waals surface area contributed by atoms with Crippen LogP contribution in [-0.4, -0.2) is 0 Å². The van der Waals surface area contributed by atoms with Crippen molar-refractivity contribution in [3.63, 3.8) is 0 Å². The molecule has 366 valence electrons. The third-order valence-electron chi connectivity index (χ3n) is 21.6. The van der Waals surface area contributed by atoms with Crippen LogP contribution in [-0.2, 0) is 10.8 Å². The largest absolute Gasteiger partial charge is 0.310 e. The van der Waals surface area contributed by atoms with Crippen LogP contribution in [0.4, 0.5) is 17.1 Å². The highest BCUT2D eigenvalue weighted by Crippen LogP contribution is 2.74. The van der Waals surface area contributed by atoms with Gasteiger partial charge in [-0.1, -0.05) is 191 Å². The fraction of sp³-hybridized carbons (Fsp3) is 0.361. The summed E-state index contributed by atoms with van der Waals surface area (Å²) in [6.07, 6.45) is 5.57. The Morgan fingerprint density at radius 3 is 1.33 bits per heavy atom. The van der Waals surface area contributed by atoms with Gasteiger partial charge >= 0.3 is 0 Å². The van der Waals surface area contributed by atoms with Gasteiger partial charge in [-0.3, -0.25) is 0 Å². The molecule has 1 heteroatoms. The molecule has 0 saturated heterocycles. The maximum Gasteiger partial charge on any atom is 0.0543 e. The second kappa shape index (κ2) is 15.7. The molecule has 0 aliphatic heterocycles. The second-order valence-corrected chi connectivity index (χ2v) is 26.0. The van der Waals surface area contributed by atoms with Crippen molar-refractivity contribution in [3.8, 4) is 44.5 Å². The Morgan fingerprint density at radius 1 is 0.411 bits per heavy atom. The van der Waals surface area contributed by atoms with Gasteiger partial charge in [0.05, 0.1) is 5.69 Å². The summed E-state index contributed by atoms with van der Waals surface area (Å²) in [6, 6.07) is 64.1. The van der Waals surface area contributed by atoms with E-state index >= 15 is 0 Å². The zero-order chi connectivity index (χ0) is 50.1. The summed E-state index contributed by atoms with van der Waals surface area (Å²) < 4.78 is 0. The molecule has 0 bridgehead atoms. The van der Waals surface area contributed by atoms with Crippen LogP contribution in [0.2, 0.25) is 0 Å². The van der Waals surface area contributed by atoms with Crippen LogP contribution < -0.4 is 4.90 Å². The molecule has 0 aromatic heterocycles. The van der Waals surface area contributed by atoms with Crippen molar-refractivity contribution in [1.29, 1.82) is 0 Å². The van der Waals surface area contributed by atoms with Crippen LogP contribution in [0.5, 0.6) is 0 Å². The van der Waals surface area contributed by atoms with E-state index in [0.29, 0.717) is 22.7 Å². The van der Waals surface area contributed by atoms with E-state index in [2.05, 4.69) is 238 Å². The average molecular weight is 952 g/mol. The molecule has 4 saturated carbocycles. The van der Waals surface area contributed by atoms with Crippen molar-refractivity contribution >= 4 is 27.8 Å². The van der Waals surface area contributed by atoms with Gasteiger partial charge in [-0.05, 0) is 210 Å². The highest BCUT2D eigenvalue weighted by molar-refractivity contribution is 6.10. The number of benzene rings is 8. The van der Waals surface area contributed by atoms with E-state index in [0.717, 1.165) is 46.9 Å². The minimum absolute atomic E-state index is 0.0693. The Labute approximate surface area is 436 Å². The average Bonchev–Trinajstić information content (AvgIpc) is 4.24. The maximum absolute atomic E-state index is 2.57. The number of hydrogen-bond acceptors (Lipinski definition) is 1. The molecule has 8 aromatic rings. The first-order valence-corrected chi connectivity index (χ1v) is 28.2. The molecule has 4 fully saturated rings. The third kappa shape index (κ3) is 6.45.